The highest BCUT2D eigenvalue weighted by molar-refractivity contribution is 8.00. The highest BCUT2D eigenvalue weighted by Gasteiger charge is 2.25. The van der Waals surface area contributed by atoms with Gasteiger partial charge >= 0.3 is 0 Å². The highest BCUT2D eigenvalue weighted by atomic mass is 32.2. The molecule has 0 radical (unpaired) electrons. The fraction of sp³-hybridized carbons (Fsp3) is 0.238. The molecule has 26 heavy (non-hydrogen) atoms. The summed E-state index contributed by atoms with van der Waals surface area (Å²) >= 11 is 1.42. The van der Waals surface area contributed by atoms with E-state index in [9.17, 15) is 4.79 Å². The van der Waals surface area contributed by atoms with Gasteiger partial charge in [-0.2, -0.15) is 0 Å². The van der Waals surface area contributed by atoms with Crippen molar-refractivity contribution in [1.29, 1.82) is 0 Å². The van der Waals surface area contributed by atoms with Crippen molar-refractivity contribution in [3.8, 4) is 22.6 Å². The van der Waals surface area contributed by atoms with E-state index in [4.69, 9.17) is 9.40 Å². The van der Waals surface area contributed by atoms with Gasteiger partial charge in [0.15, 0.2) is 5.76 Å². The summed E-state index contributed by atoms with van der Waals surface area (Å²) in [6, 6.07) is 20.0. The lowest BCUT2D eigenvalue weighted by molar-refractivity contribution is -0.120. The zero-order chi connectivity index (χ0) is 17.8. The van der Waals surface area contributed by atoms with Crippen LogP contribution < -0.4 is 5.32 Å². The van der Waals surface area contributed by atoms with Gasteiger partial charge in [0.25, 0.3) is 5.22 Å². The Kier molecular flexibility index (Phi) is 5.07. The number of oxazole rings is 1. The number of hydrogen-bond acceptors (Lipinski definition) is 4. The van der Waals surface area contributed by atoms with Gasteiger partial charge < -0.3 is 9.73 Å². The van der Waals surface area contributed by atoms with E-state index in [2.05, 4.69) is 5.32 Å². The molecule has 1 amide bonds. The second-order valence-electron chi connectivity index (χ2n) is 6.28. The molecule has 1 saturated heterocycles. The molecule has 132 valence electrons. The third kappa shape index (κ3) is 3.68. The first-order valence-corrected chi connectivity index (χ1v) is 9.75. The van der Waals surface area contributed by atoms with E-state index in [1.165, 1.54) is 11.8 Å². The minimum Gasteiger partial charge on any atom is -0.431 e. The van der Waals surface area contributed by atoms with E-state index >= 15 is 0 Å². The molecule has 3 aromatic rings. The molecule has 1 aromatic heterocycles. The maximum absolute atomic E-state index is 12.2. The molecule has 0 unspecified atom stereocenters. The van der Waals surface area contributed by atoms with E-state index < -0.39 is 0 Å². The third-order valence-corrected chi connectivity index (χ3v) is 5.53. The van der Waals surface area contributed by atoms with Crippen LogP contribution in [-0.2, 0) is 4.79 Å². The lowest BCUT2D eigenvalue weighted by Crippen LogP contribution is -2.30. The normalized spacial score (nSPS) is 17.5. The first kappa shape index (κ1) is 16.9. The summed E-state index contributed by atoms with van der Waals surface area (Å²) in [6.45, 7) is 0.756. The Labute approximate surface area is 157 Å². The number of benzene rings is 2. The molecule has 1 aliphatic rings. The topological polar surface area (TPSA) is 55.1 Å². The van der Waals surface area contributed by atoms with Crippen molar-refractivity contribution in [3.63, 3.8) is 0 Å². The SMILES string of the molecule is O=C1NCCCC[C@@H]1Sc1nc(-c2ccccc2)c(-c2ccccc2)o1. The van der Waals surface area contributed by atoms with E-state index in [1.807, 2.05) is 60.7 Å². The van der Waals surface area contributed by atoms with Crippen LogP contribution in [0.4, 0.5) is 0 Å². The van der Waals surface area contributed by atoms with Gasteiger partial charge in [-0.15, -0.1) is 0 Å². The van der Waals surface area contributed by atoms with E-state index in [1.54, 1.807) is 0 Å². The second kappa shape index (κ2) is 7.79. The first-order valence-electron chi connectivity index (χ1n) is 8.87. The van der Waals surface area contributed by atoms with Gasteiger partial charge in [0.05, 0.1) is 5.25 Å². The van der Waals surface area contributed by atoms with Crippen LogP contribution in [0, 0.1) is 0 Å². The van der Waals surface area contributed by atoms with Crippen LogP contribution in [0.5, 0.6) is 0 Å². The Balaban J connectivity index is 1.70. The van der Waals surface area contributed by atoms with E-state index in [-0.39, 0.29) is 11.2 Å². The van der Waals surface area contributed by atoms with Crippen molar-refractivity contribution in [1.82, 2.24) is 10.3 Å². The Morgan fingerprint density at radius 1 is 0.962 bits per heavy atom. The van der Waals surface area contributed by atoms with E-state index in [0.717, 1.165) is 48.4 Å². The molecule has 0 spiro atoms. The van der Waals surface area contributed by atoms with Gasteiger partial charge in [-0.3, -0.25) is 4.79 Å². The zero-order valence-electron chi connectivity index (χ0n) is 14.4. The van der Waals surface area contributed by atoms with Crippen LogP contribution >= 0.6 is 11.8 Å². The second-order valence-corrected chi connectivity index (χ2v) is 7.44. The standard InChI is InChI=1S/C21H20N2O2S/c24-20-17(13-7-8-14-22-20)26-21-23-18(15-9-3-1-4-10-15)19(25-21)16-11-5-2-6-12-16/h1-6,9-12,17H,7-8,13-14H2,(H,22,24)/t17-/m0/s1. The van der Waals surface area contributed by atoms with Gasteiger partial charge in [0, 0.05) is 17.7 Å². The molecule has 1 aliphatic heterocycles. The Morgan fingerprint density at radius 3 is 2.38 bits per heavy atom. The summed E-state index contributed by atoms with van der Waals surface area (Å²) in [5.74, 6) is 0.821. The number of carbonyl (C=O) groups is 1. The molecule has 1 fully saturated rings. The predicted octanol–water partition coefficient (Wildman–Crippen LogP) is 4.77. The molecular weight excluding hydrogens is 344 g/mol. The van der Waals surface area contributed by atoms with Crippen LogP contribution in [0.1, 0.15) is 19.3 Å². The molecule has 4 nitrogen and oxygen atoms in total. The average Bonchev–Trinajstić information content (AvgIpc) is 3.01. The van der Waals surface area contributed by atoms with Crippen LogP contribution in [0.2, 0.25) is 0 Å². The maximum atomic E-state index is 12.2. The Morgan fingerprint density at radius 2 is 1.65 bits per heavy atom. The fourth-order valence-electron chi connectivity index (χ4n) is 3.07. The molecular formula is C21H20N2O2S. The summed E-state index contributed by atoms with van der Waals surface area (Å²) in [4.78, 5) is 17.0. The van der Waals surface area contributed by atoms with Crippen molar-refractivity contribution < 1.29 is 9.21 Å². The molecule has 0 saturated carbocycles. The van der Waals surface area contributed by atoms with Crippen LogP contribution in [0.3, 0.4) is 0 Å². The van der Waals surface area contributed by atoms with Crippen molar-refractivity contribution >= 4 is 17.7 Å². The van der Waals surface area contributed by atoms with Gasteiger partial charge in [0.2, 0.25) is 5.91 Å². The summed E-state index contributed by atoms with van der Waals surface area (Å²) in [7, 11) is 0. The van der Waals surface area contributed by atoms with E-state index in [0.29, 0.717) is 5.22 Å². The molecule has 1 atom stereocenters. The van der Waals surface area contributed by atoms with Gasteiger partial charge in [0.1, 0.15) is 5.69 Å². The number of hydrogen-bond donors (Lipinski definition) is 1. The number of thioether (sulfide) groups is 1. The number of aromatic nitrogens is 1. The fourth-order valence-corrected chi connectivity index (χ4v) is 4.07. The summed E-state index contributed by atoms with van der Waals surface area (Å²) in [6.07, 6.45) is 2.91. The summed E-state index contributed by atoms with van der Waals surface area (Å²) in [5.41, 5.74) is 2.80. The smallest absolute Gasteiger partial charge is 0.257 e. The Hall–Kier alpha value is -2.53. The molecule has 5 heteroatoms. The molecule has 2 aromatic carbocycles. The minimum atomic E-state index is -0.150. The predicted molar refractivity (Wildman–Crippen MR) is 104 cm³/mol. The molecule has 0 aliphatic carbocycles. The number of nitrogens with one attached hydrogen (secondary N) is 1. The molecule has 1 N–H and O–H groups in total. The number of carbonyl (C=O) groups excluding carboxylic acids is 1. The summed E-state index contributed by atoms with van der Waals surface area (Å²) < 4.78 is 6.12. The molecule has 2 heterocycles. The lowest BCUT2D eigenvalue weighted by atomic mass is 10.1. The highest BCUT2D eigenvalue weighted by Crippen LogP contribution is 2.37. The van der Waals surface area contributed by atoms with Crippen molar-refractivity contribution in [2.24, 2.45) is 0 Å². The zero-order valence-corrected chi connectivity index (χ0v) is 15.2. The number of rotatable bonds is 4. The lowest BCUT2D eigenvalue weighted by Gasteiger charge is -2.09. The van der Waals surface area contributed by atoms with Gasteiger partial charge in [-0.05, 0) is 12.8 Å². The summed E-state index contributed by atoms with van der Waals surface area (Å²) in [5, 5.41) is 3.37. The average molecular weight is 364 g/mol. The number of nitrogens with zero attached hydrogens (tertiary/aromatic N) is 1. The molecule has 4 rings (SSSR count). The van der Waals surface area contributed by atoms with Crippen LogP contribution in [0.15, 0.2) is 70.3 Å². The quantitative estimate of drug-likeness (QED) is 0.724. The van der Waals surface area contributed by atoms with Crippen LogP contribution in [0.25, 0.3) is 22.6 Å². The van der Waals surface area contributed by atoms with Crippen molar-refractivity contribution in [3.05, 3.63) is 60.7 Å². The third-order valence-electron chi connectivity index (χ3n) is 4.42. The van der Waals surface area contributed by atoms with Gasteiger partial charge in [-0.25, -0.2) is 4.98 Å². The van der Waals surface area contributed by atoms with Crippen LogP contribution in [-0.4, -0.2) is 22.7 Å². The monoisotopic (exact) mass is 364 g/mol. The Bertz CT molecular complexity index is 821. The minimum absolute atomic E-state index is 0.0771. The van der Waals surface area contributed by atoms with Crippen molar-refractivity contribution in [2.75, 3.05) is 6.54 Å². The molecule has 0 bridgehead atoms. The first-order chi connectivity index (χ1) is 12.8. The van der Waals surface area contributed by atoms with Gasteiger partial charge in [-0.1, -0.05) is 78.8 Å². The maximum Gasteiger partial charge on any atom is 0.257 e. The largest absolute Gasteiger partial charge is 0.431 e. The number of amides is 1. The van der Waals surface area contributed by atoms with Crippen molar-refractivity contribution in [2.45, 2.75) is 29.7 Å².